The van der Waals surface area contributed by atoms with Gasteiger partial charge in [0.1, 0.15) is 11.3 Å². The highest BCUT2D eigenvalue weighted by Crippen LogP contribution is 2.21. The molecule has 0 aliphatic heterocycles. The van der Waals surface area contributed by atoms with Gasteiger partial charge in [0, 0.05) is 19.1 Å². The van der Waals surface area contributed by atoms with Crippen LogP contribution in [0.3, 0.4) is 0 Å². The molecule has 0 radical (unpaired) electrons. The lowest BCUT2D eigenvalue weighted by atomic mass is 10.1. The number of carbonyl (C=O) groups excluding carboxylic acids is 1. The Balaban J connectivity index is 1.70. The molecule has 3 aromatic rings. The molecule has 0 N–H and O–H groups in total. The summed E-state index contributed by atoms with van der Waals surface area (Å²) in [7, 11) is 0. The molecule has 0 unspecified atom stereocenters. The molecule has 22 heavy (non-hydrogen) atoms. The minimum absolute atomic E-state index is 0.433. The molecule has 4 nitrogen and oxygen atoms in total. The molecule has 0 aliphatic rings. The summed E-state index contributed by atoms with van der Waals surface area (Å²) in [4.78, 5) is 16.0. The van der Waals surface area contributed by atoms with Crippen molar-refractivity contribution in [3.8, 4) is 5.75 Å². The summed E-state index contributed by atoms with van der Waals surface area (Å²) in [5.74, 6) is 0.580. The Hall–Kier alpha value is -2.88. The average molecular weight is 293 g/mol. The van der Waals surface area contributed by atoms with Crippen molar-refractivity contribution in [3.05, 3.63) is 65.6 Å². The topological polar surface area (TPSA) is 52.3 Å². The number of oxazole rings is 1. The number of fused-ring (bicyclic) bond motifs is 1. The van der Waals surface area contributed by atoms with Gasteiger partial charge in [-0.25, -0.2) is 9.78 Å². The van der Waals surface area contributed by atoms with E-state index in [2.05, 4.69) is 4.98 Å². The highest BCUT2D eigenvalue weighted by molar-refractivity contribution is 5.89. The van der Waals surface area contributed by atoms with Gasteiger partial charge in [-0.1, -0.05) is 29.8 Å². The van der Waals surface area contributed by atoms with Gasteiger partial charge in [0.2, 0.25) is 0 Å². The molecule has 2 aromatic carbocycles. The van der Waals surface area contributed by atoms with E-state index >= 15 is 0 Å². The van der Waals surface area contributed by atoms with Gasteiger partial charge in [-0.15, -0.1) is 0 Å². The van der Waals surface area contributed by atoms with Gasteiger partial charge in [-0.05, 0) is 30.7 Å². The third-order valence-electron chi connectivity index (χ3n) is 3.17. The van der Waals surface area contributed by atoms with Crippen molar-refractivity contribution in [2.24, 2.45) is 0 Å². The van der Waals surface area contributed by atoms with Crippen LogP contribution >= 0.6 is 0 Å². The first-order chi connectivity index (χ1) is 10.6. The molecule has 0 spiro atoms. The summed E-state index contributed by atoms with van der Waals surface area (Å²) in [6.07, 6.45) is 3.12. The van der Waals surface area contributed by atoms with Gasteiger partial charge in [-0.3, -0.25) is 0 Å². The molecule has 0 amide bonds. The van der Waals surface area contributed by atoms with Gasteiger partial charge >= 0.3 is 5.97 Å². The molecule has 0 saturated heterocycles. The summed E-state index contributed by atoms with van der Waals surface area (Å²) >= 11 is 0. The molecule has 0 saturated carbocycles. The van der Waals surface area contributed by atoms with Crippen molar-refractivity contribution < 1.29 is 13.9 Å². The number of aryl methyl sites for hydroxylation is 2. The van der Waals surface area contributed by atoms with E-state index in [1.54, 1.807) is 31.2 Å². The van der Waals surface area contributed by atoms with E-state index < -0.39 is 5.97 Å². The lowest BCUT2D eigenvalue weighted by Crippen LogP contribution is -2.03. The third-order valence-corrected chi connectivity index (χ3v) is 3.17. The molecule has 1 heterocycles. The Morgan fingerprint density at radius 2 is 1.91 bits per heavy atom. The molecule has 0 bridgehead atoms. The van der Waals surface area contributed by atoms with E-state index in [4.69, 9.17) is 9.15 Å². The predicted octanol–water partition coefficient (Wildman–Crippen LogP) is 4.06. The minimum atomic E-state index is -0.434. The van der Waals surface area contributed by atoms with Crippen molar-refractivity contribution in [3.63, 3.8) is 0 Å². The zero-order valence-electron chi connectivity index (χ0n) is 12.4. The number of hydrogen-bond donors (Lipinski definition) is 0. The second-order valence-corrected chi connectivity index (χ2v) is 5.03. The lowest BCUT2D eigenvalue weighted by Gasteiger charge is -2.00. The fourth-order valence-corrected chi connectivity index (χ4v) is 2.08. The molecule has 0 fully saturated rings. The Morgan fingerprint density at radius 1 is 1.14 bits per heavy atom. The first kappa shape index (κ1) is 14.1. The predicted molar refractivity (Wildman–Crippen MR) is 84.6 cm³/mol. The molecule has 0 aliphatic carbocycles. The Labute approximate surface area is 128 Å². The smallest absolute Gasteiger partial charge is 0.336 e. The zero-order valence-corrected chi connectivity index (χ0v) is 12.4. The van der Waals surface area contributed by atoms with Gasteiger partial charge in [-0.2, -0.15) is 0 Å². The number of benzene rings is 2. The molecule has 3 rings (SSSR count). The van der Waals surface area contributed by atoms with Crippen LogP contribution in [0.4, 0.5) is 0 Å². The average Bonchev–Trinajstić information content (AvgIpc) is 2.86. The second kappa shape index (κ2) is 5.85. The zero-order chi connectivity index (χ0) is 15.5. The molecule has 4 heteroatoms. The number of aromatic nitrogens is 1. The summed E-state index contributed by atoms with van der Waals surface area (Å²) in [6, 6.07) is 13.0. The van der Waals surface area contributed by atoms with Crippen molar-refractivity contribution in [2.75, 3.05) is 0 Å². The normalized spacial score (nSPS) is 11.2. The van der Waals surface area contributed by atoms with Crippen LogP contribution < -0.4 is 4.74 Å². The minimum Gasteiger partial charge on any atom is -0.441 e. The van der Waals surface area contributed by atoms with Gasteiger partial charge < -0.3 is 9.15 Å². The van der Waals surface area contributed by atoms with E-state index in [9.17, 15) is 4.79 Å². The highest BCUT2D eigenvalue weighted by atomic mass is 16.5. The fraction of sp³-hybridized carbons (Fsp3) is 0.111. The van der Waals surface area contributed by atoms with Crippen molar-refractivity contribution in [2.45, 2.75) is 13.8 Å². The van der Waals surface area contributed by atoms with Gasteiger partial charge in [0.05, 0.1) is 0 Å². The number of ether oxygens (including phenoxy) is 1. The monoisotopic (exact) mass is 293 g/mol. The Morgan fingerprint density at radius 3 is 2.68 bits per heavy atom. The number of nitrogens with zero attached hydrogens (tertiary/aromatic N) is 1. The first-order valence-corrected chi connectivity index (χ1v) is 6.94. The van der Waals surface area contributed by atoms with E-state index in [0.29, 0.717) is 17.2 Å². The molecule has 110 valence electrons. The largest absolute Gasteiger partial charge is 0.441 e. The van der Waals surface area contributed by atoms with E-state index in [0.717, 1.165) is 11.1 Å². The quantitative estimate of drug-likeness (QED) is 0.415. The summed E-state index contributed by atoms with van der Waals surface area (Å²) in [5, 5.41) is 0. The standard InChI is InChI=1S/C18H15NO3/c1-12-3-5-14(6-4-12)7-10-18(20)22-15-8-9-16-17(11-15)21-13(2)19-16/h3-11H,1-2H3/b10-7+. The van der Waals surface area contributed by atoms with Crippen LogP contribution in [0.2, 0.25) is 0 Å². The fourth-order valence-electron chi connectivity index (χ4n) is 2.08. The Kier molecular flexibility index (Phi) is 3.74. The van der Waals surface area contributed by atoms with E-state index in [-0.39, 0.29) is 0 Å². The number of esters is 1. The van der Waals surface area contributed by atoms with Crippen LogP contribution in [0.1, 0.15) is 17.0 Å². The summed E-state index contributed by atoms with van der Waals surface area (Å²) < 4.78 is 10.7. The van der Waals surface area contributed by atoms with Crippen molar-refractivity contribution in [1.29, 1.82) is 0 Å². The molecular formula is C18H15NO3. The molecule has 1 aromatic heterocycles. The van der Waals surface area contributed by atoms with E-state index in [1.165, 1.54) is 11.6 Å². The third kappa shape index (κ3) is 3.23. The summed E-state index contributed by atoms with van der Waals surface area (Å²) in [6.45, 7) is 3.79. The number of carbonyl (C=O) groups is 1. The first-order valence-electron chi connectivity index (χ1n) is 6.94. The maximum Gasteiger partial charge on any atom is 0.336 e. The van der Waals surface area contributed by atoms with Crippen molar-refractivity contribution in [1.82, 2.24) is 4.98 Å². The molecular weight excluding hydrogens is 278 g/mol. The van der Waals surface area contributed by atoms with Crippen LogP contribution in [0.15, 0.2) is 53.0 Å². The van der Waals surface area contributed by atoms with Crippen LogP contribution in [-0.4, -0.2) is 11.0 Å². The lowest BCUT2D eigenvalue weighted by molar-refractivity contribution is -0.128. The highest BCUT2D eigenvalue weighted by Gasteiger charge is 2.06. The van der Waals surface area contributed by atoms with E-state index in [1.807, 2.05) is 31.2 Å². The summed E-state index contributed by atoms with van der Waals surface area (Å²) in [5.41, 5.74) is 3.47. The van der Waals surface area contributed by atoms with Gasteiger partial charge in [0.15, 0.2) is 11.5 Å². The molecule has 0 atom stereocenters. The SMILES string of the molecule is Cc1ccc(/C=C/C(=O)Oc2ccc3nc(C)oc3c2)cc1. The van der Waals surface area contributed by atoms with Crippen LogP contribution in [0, 0.1) is 13.8 Å². The van der Waals surface area contributed by atoms with Crippen LogP contribution in [0.5, 0.6) is 5.75 Å². The van der Waals surface area contributed by atoms with Crippen LogP contribution in [0.25, 0.3) is 17.2 Å². The second-order valence-electron chi connectivity index (χ2n) is 5.03. The van der Waals surface area contributed by atoms with Crippen molar-refractivity contribution >= 4 is 23.1 Å². The Bertz CT molecular complexity index is 844. The maximum atomic E-state index is 11.8. The van der Waals surface area contributed by atoms with Gasteiger partial charge in [0.25, 0.3) is 0 Å². The maximum absolute atomic E-state index is 11.8. The number of rotatable bonds is 3. The number of hydrogen-bond acceptors (Lipinski definition) is 4. The van der Waals surface area contributed by atoms with Crippen LogP contribution in [-0.2, 0) is 4.79 Å².